The summed E-state index contributed by atoms with van der Waals surface area (Å²) in [6.45, 7) is 6.64. The zero-order valence-electron chi connectivity index (χ0n) is 20.0. The molecule has 0 saturated carbocycles. The second-order valence-corrected chi connectivity index (χ2v) is 9.58. The first kappa shape index (κ1) is 22.0. The zero-order valence-corrected chi connectivity index (χ0v) is 20.0. The van der Waals surface area contributed by atoms with Gasteiger partial charge in [-0.25, -0.2) is 19.0 Å². The number of hydrogen-bond donors (Lipinski definition) is 1. The van der Waals surface area contributed by atoms with Gasteiger partial charge >= 0.3 is 0 Å². The highest BCUT2D eigenvalue weighted by atomic mass is 19.1. The van der Waals surface area contributed by atoms with Gasteiger partial charge in [-0.1, -0.05) is 0 Å². The summed E-state index contributed by atoms with van der Waals surface area (Å²) in [5.74, 6) is 0.390. The van der Waals surface area contributed by atoms with Crippen LogP contribution in [0.3, 0.4) is 0 Å². The van der Waals surface area contributed by atoms with Crippen LogP contribution in [0.4, 0.5) is 21.6 Å². The molecular weight excluding hydrogens is 441 g/mol. The lowest BCUT2D eigenvalue weighted by molar-refractivity contribution is 0.208. The first-order valence-electron chi connectivity index (χ1n) is 12.5. The van der Waals surface area contributed by atoms with Crippen LogP contribution in [0.2, 0.25) is 0 Å². The van der Waals surface area contributed by atoms with E-state index < -0.39 is 0 Å². The van der Waals surface area contributed by atoms with Crippen LogP contribution in [0.1, 0.15) is 31.2 Å². The van der Waals surface area contributed by atoms with Crippen LogP contribution in [0.5, 0.6) is 0 Å². The number of likely N-dealkylation sites (tertiary alicyclic amines) is 1. The molecule has 0 bridgehead atoms. The third kappa shape index (κ3) is 4.34. The van der Waals surface area contributed by atoms with Crippen molar-refractivity contribution in [1.29, 1.82) is 0 Å². The van der Waals surface area contributed by atoms with Gasteiger partial charge in [0, 0.05) is 30.5 Å². The Labute approximate surface area is 204 Å². The van der Waals surface area contributed by atoms with Crippen LogP contribution in [0.25, 0.3) is 16.7 Å². The van der Waals surface area contributed by atoms with Crippen molar-refractivity contribution >= 4 is 28.2 Å². The third-order valence-corrected chi connectivity index (χ3v) is 7.39. The SMILES string of the molecule is Cc1cc(F)ccc1Nc1ncnc2c1cnn2-c1ccc(N2CCC(N3CCCC3)CC2)cc1. The summed E-state index contributed by atoms with van der Waals surface area (Å²) in [7, 11) is 0. The number of nitrogens with one attached hydrogen (secondary N) is 1. The molecule has 2 aromatic heterocycles. The van der Waals surface area contributed by atoms with Crippen molar-refractivity contribution in [2.45, 2.75) is 38.6 Å². The minimum absolute atomic E-state index is 0.256. The van der Waals surface area contributed by atoms with Gasteiger partial charge in [0.05, 0.1) is 17.3 Å². The molecule has 0 amide bonds. The highest BCUT2D eigenvalue weighted by molar-refractivity contribution is 5.89. The average molecular weight is 472 g/mol. The maximum Gasteiger partial charge on any atom is 0.168 e. The molecule has 2 aliphatic heterocycles. The normalized spacial score (nSPS) is 17.4. The number of hydrogen-bond acceptors (Lipinski definition) is 6. The minimum atomic E-state index is -0.256. The molecule has 7 nitrogen and oxygen atoms in total. The van der Waals surface area contributed by atoms with Crippen molar-refractivity contribution in [1.82, 2.24) is 24.6 Å². The van der Waals surface area contributed by atoms with Crippen molar-refractivity contribution in [3.63, 3.8) is 0 Å². The van der Waals surface area contributed by atoms with Crippen LogP contribution < -0.4 is 10.2 Å². The Morgan fingerprint density at radius 1 is 0.914 bits per heavy atom. The maximum atomic E-state index is 13.5. The fourth-order valence-corrected chi connectivity index (χ4v) is 5.43. The Bertz CT molecular complexity index is 1320. The lowest BCUT2D eigenvalue weighted by Gasteiger charge is -2.37. The highest BCUT2D eigenvalue weighted by Gasteiger charge is 2.26. The second kappa shape index (κ2) is 9.26. The number of aryl methyl sites for hydroxylation is 1. The van der Waals surface area contributed by atoms with Crippen LogP contribution in [0.15, 0.2) is 55.0 Å². The molecule has 180 valence electrons. The quantitative estimate of drug-likeness (QED) is 0.438. The number of rotatable bonds is 5. The van der Waals surface area contributed by atoms with E-state index in [0.29, 0.717) is 5.82 Å². The monoisotopic (exact) mass is 471 g/mol. The van der Waals surface area contributed by atoms with Gasteiger partial charge in [-0.15, -0.1) is 0 Å². The molecule has 0 spiro atoms. The van der Waals surface area contributed by atoms with Gasteiger partial charge in [-0.3, -0.25) is 0 Å². The van der Waals surface area contributed by atoms with E-state index in [9.17, 15) is 4.39 Å². The van der Waals surface area contributed by atoms with Crippen molar-refractivity contribution < 1.29 is 4.39 Å². The molecule has 2 saturated heterocycles. The Hall–Kier alpha value is -3.52. The van der Waals surface area contributed by atoms with Crippen molar-refractivity contribution in [2.24, 2.45) is 0 Å². The average Bonchev–Trinajstić information content (AvgIpc) is 3.57. The van der Waals surface area contributed by atoms with E-state index in [2.05, 4.69) is 54.4 Å². The molecule has 0 radical (unpaired) electrons. The summed E-state index contributed by atoms with van der Waals surface area (Å²) < 4.78 is 15.3. The van der Waals surface area contributed by atoms with Gasteiger partial charge in [-0.2, -0.15) is 5.10 Å². The lowest BCUT2D eigenvalue weighted by Crippen LogP contribution is -2.43. The van der Waals surface area contributed by atoms with Crippen LogP contribution in [0, 0.1) is 12.7 Å². The van der Waals surface area contributed by atoms with E-state index >= 15 is 0 Å². The molecule has 0 atom stereocenters. The first-order chi connectivity index (χ1) is 17.2. The zero-order chi connectivity index (χ0) is 23.8. The van der Waals surface area contributed by atoms with Crippen LogP contribution in [-0.4, -0.2) is 56.9 Å². The minimum Gasteiger partial charge on any atom is -0.371 e. The Kier molecular flexibility index (Phi) is 5.82. The summed E-state index contributed by atoms with van der Waals surface area (Å²) in [6, 6.07) is 14.0. The molecule has 6 rings (SSSR count). The number of benzene rings is 2. The van der Waals surface area contributed by atoms with E-state index in [4.69, 9.17) is 0 Å². The molecule has 2 fully saturated rings. The van der Waals surface area contributed by atoms with E-state index in [-0.39, 0.29) is 5.82 Å². The smallest absolute Gasteiger partial charge is 0.168 e. The van der Waals surface area contributed by atoms with E-state index in [1.165, 1.54) is 62.9 Å². The largest absolute Gasteiger partial charge is 0.371 e. The van der Waals surface area contributed by atoms with Crippen LogP contribution in [-0.2, 0) is 0 Å². The van der Waals surface area contributed by atoms with Gasteiger partial charge in [0.15, 0.2) is 5.65 Å². The number of piperidine rings is 1. The molecular formula is C27H30FN7. The van der Waals surface area contributed by atoms with E-state index in [0.717, 1.165) is 47.1 Å². The van der Waals surface area contributed by atoms with Crippen molar-refractivity contribution in [3.8, 4) is 5.69 Å². The summed E-state index contributed by atoms with van der Waals surface area (Å²) in [6.07, 6.45) is 8.50. The third-order valence-electron chi connectivity index (χ3n) is 7.39. The number of nitrogens with zero attached hydrogens (tertiary/aromatic N) is 6. The number of aromatic nitrogens is 4. The molecule has 8 heteroatoms. The molecule has 1 N–H and O–H groups in total. The van der Waals surface area contributed by atoms with Gasteiger partial charge in [0.25, 0.3) is 0 Å². The molecule has 4 aromatic rings. The Balaban J connectivity index is 1.19. The molecule has 35 heavy (non-hydrogen) atoms. The van der Waals surface area contributed by atoms with E-state index in [1.807, 2.05) is 11.6 Å². The number of halogens is 1. The number of anilines is 3. The van der Waals surface area contributed by atoms with Crippen LogP contribution >= 0.6 is 0 Å². The maximum absolute atomic E-state index is 13.5. The first-order valence-corrected chi connectivity index (χ1v) is 12.5. The van der Waals surface area contributed by atoms with Gasteiger partial charge in [0.2, 0.25) is 0 Å². The predicted molar refractivity (Wildman–Crippen MR) is 137 cm³/mol. The van der Waals surface area contributed by atoms with Crippen molar-refractivity contribution in [3.05, 3.63) is 66.4 Å². The van der Waals surface area contributed by atoms with Crippen molar-refractivity contribution in [2.75, 3.05) is 36.4 Å². The molecule has 4 heterocycles. The number of fused-ring (bicyclic) bond motifs is 1. The molecule has 2 aliphatic rings. The fourth-order valence-electron chi connectivity index (χ4n) is 5.43. The summed E-state index contributed by atoms with van der Waals surface area (Å²) in [4.78, 5) is 14.1. The summed E-state index contributed by atoms with van der Waals surface area (Å²) in [5.41, 5.74) is 4.55. The molecule has 0 aliphatic carbocycles. The highest BCUT2D eigenvalue weighted by Crippen LogP contribution is 2.28. The molecule has 0 unspecified atom stereocenters. The second-order valence-electron chi connectivity index (χ2n) is 9.58. The predicted octanol–water partition coefficient (Wildman–Crippen LogP) is 5.07. The topological polar surface area (TPSA) is 62.1 Å². The van der Waals surface area contributed by atoms with E-state index in [1.54, 1.807) is 12.3 Å². The van der Waals surface area contributed by atoms with Gasteiger partial charge in [-0.05, 0) is 93.7 Å². The summed E-state index contributed by atoms with van der Waals surface area (Å²) in [5, 5.41) is 8.71. The fraction of sp³-hybridized carbons (Fsp3) is 0.370. The lowest BCUT2D eigenvalue weighted by atomic mass is 10.0. The Morgan fingerprint density at radius 3 is 2.40 bits per heavy atom. The summed E-state index contributed by atoms with van der Waals surface area (Å²) >= 11 is 0. The Morgan fingerprint density at radius 2 is 1.66 bits per heavy atom. The standard InChI is InChI=1S/C27H30FN7/c1-19-16-20(28)4-9-25(19)32-26-24-17-31-35(27(24)30-18-29-26)23-7-5-21(6-8-23)34-14-10-22(11-15-34)33-12-2-3-13-33/h4-9,16-18,22H,2-3,10-15H2,1H3,(H,29,30,32). The molecule has 2 aromatic carbocycles. The van der Waals surface area contributed by atoms with Gasteiger partial charge < -0.3 is 15.1 Å². The van der Waals surface area contributed by atoms with Gasteiger partial charge in [0.1, 0.15) is 18.0 Å².